The number of amides is 1. The summed E-state index contributed by atoms with van der Waals surface area (Å²) in [6.45, 7) is 2.72. The van der Waals surface area contributed by atoms with Crippen molar-refractivity contribution in [2.45, 2.75) is 32.6 Å². The van der Waals surface area contributed by atoms with Gasteiger partial charge in [-0.15, -0.1) is 0 Å². The standard InChI is InChI=1S/C20H23Cl2NO3/c1-2-3-4-5-12-25-15-8-6-9-16(13-15)26-14-19(24)23-18-11-7-10-17(21)20(18)22/h6-11,13H,2-5,12,14H2,1H3,(H,23,24). The van der Waals surface area contributed by atoms with Crippen LogP contribution in [0, 0.1) is 0 Å². The number of hydrogen-bond acceptors (Lipinski definition) is 3. The molecule has 0 heterocycles. The molecule has 2 aromatic carbocycles. The highest BCUT2D eigenvalue weighted by Crippen LogP contribution is 2.29. The second-order valence-corrected chi connectivity index (χ2v) is 6.61. The Balaban J connectivity index is 1.80. The lowest BCUT2D eigenvalue weighted by Crippen LogP contribution is -2.20. The molecule has 1 amide bonds. The molecule has 0 spiro atoms. The molecule has 140 valence electrons. The minimum atomic E-state index is -0.319. The summed E-state index contributed by atoms with van der Waals surface area (Å²) >= 11 is 12.0. The lowest BCUT2D eigenvalue weighted by molar-refractivity contribution is -0.118. The number of rotatable bonds is 10. The molecular formula is C20H23Cl2NO3. The van der Waals surface area contributed by atoms with Crippen molar-refractivity contribution in [2.75, 3.05) is 18.5 Å². The maximum Gasteiger partial charge on any atom is 0.262 e. The average molecular weight is 396 g/mol. The van der Waals surface area contributed by atoms with Crippen molar-refractivity contribution in [2.24, 2.45) is 0 Å². The Labute approximate surface area is 164 Å². The van der Waals surface area contributed by atoms with E-state index in [0.717, 1.165) is 12.2 Å². The molecule has 0 radical (unpaired) electrons. The van der Waals surface area contributed by atoms with Gasteiger partial charge < -0.3 is 14.8 Å². The van der Waals surface area contributed by atoms with E-state index in [1.807, 2.05) is 12.1 Å². The summed E-state index contributed by atoms with van der Waals surface area (Å²) in [4.78, 5) is 12.0. The summed E-state index contributed by atoms with van der Waals surface area (Å²) in [5.74, 6) is 0.987. The zero-order valence-electron chi connectivity index (χ0n) is 14.8. The van der Waals surface area contributed by atoms with Crippen molar-refractivity contribution in [3.8, 4) is 11.5 Å². The van der Waals surface area contributed by atoms with Crippen LogP contribution in [-0.4, -0.2) is 19.1 Å². The minimum absolute atomic E-state index is 0.136. The average Bonchev–Trinajstić information content (AvgIpc) is 2.64. The third-order valence-electron chi connectivity index (χ3n) is 3.67. The lowest BCUT2D eigenvalue weighted by atomic mass is 10.2. The number of carbonyl (C=O) groups is 1. The number of benzene rings is 2. The zero-order valence-corrected chi connectivity index (χ0v) is 16.3. The van der Waals surface area contributed by atoms with Crippen LogP contribution in [0.4, 0.5) is 5.69 Å². The first-order chi connectivity index (χ1) is 12.6. The van der Waals surface area contributed by atoms with Crippen LogP contribution >= 0.6 is 23.2 Å². The summed E-state index contributed by atoms with van der Waals surface area (Å²) in [6.07, 6.45) is 4.62. The second kappa shape index (κ2) is 10.9. The molecular weight excluding hydrogens is 373 g/mol. The van der Waals surface area contributed by atoms with E-state index in [1.165, 1.54) is 19.3 Å². The van der Waals surface area contributed by atoms with Gasteiger partial charge in [-0.2, -0.15) is 0 Å². The van der Waals surface area contributed by atoms with E-state index in [1.54, 1.807) is 30.3 Å². The Kier molecular flexibility index (Phi) is 8.59. The van der Waals surface area contributed by atoms with Crippen molar-refractivity contribution in [3.63, 3.8) is 0 Å². The smallest absolute Gasteiger partial charge is 0.262 e. The monoisotopic (exact) mass is 395 g/mol. The number of nitrogens with one attached hydrogen (secondary N) is 1. The predicted molar refractivity (Wildman–Crippen MR) is 107 cm³/mol. The van der Waals surface area contributed by atoms with Crippen LogP contribution in [0.3, 0.4) is 0 Å². The van der Waals surface area contributed by atoms with Crippen LogP contribution in [0.15, 0.2) is 42.5 Å². The predicted octanol–water partition coefficient (Wildman–Crippen LogP) is 5.97. The van der Waals surface area contributed by atoms with Gasteiger partial charge in [0.05, 0.1) is 22.3 Å². The molecule has 0 bridgehead atoms. The molecule has 0 aliphatic heterocycles. The molecule has 0 atom stereocenters. The van der Waals surface area contributed by atoms with E-state index in [4.69, 9.17) is 32.7 Å². The van der Waals surface area contributed by atoms with Crippen molar-refractivity contribution in [1.29, 1.82) is 0 Å². The molecule has 2 rings (SSSR count). The fraction of sp³-hybridized carbons (Fsp3) is 0.350. The molecule has 0 unspecified atom stereocenters. The number of halogens is 2. The Morgan fingerprint density at radius 3 is 2.50 bits per heavy atom. The summed E-state index contributed by atoms with van der Waals surface area (Å²) in [6, 6.07) is 12.3. The molecule has 2 aromatic rings. The number of hydrogen-bond donors (Lipinski definition) is 1. The van der Waals surface area contributed by atoms with E-state index in [2.05, 4.69) is 12.2 Å². The molecule has 26 heavy (non-hydrogen) atoms. The summed E-state index contributed by atoms with van der Waals surface area (Å²) in [7, 11) is 0. The molecule has 0 aromatic heterocycles. The van der Waals surface area contributed by atoms with Crippen LogP contribution in [0.1, 0.15) is 32.6 Å². The first-order valence-corrected chi connectivity index (χ1v) is 9.45. The van der Waals surface area contributed by atoms with Gasteiger partial charge in [-0.3, -0.25) is 4.79 Å². The Hall–Kier alpha value is -1.91. The van der Waals surface area contributed by atoms with Crippen molar-refractivity contribution in [1.82, 2.24) is 0 Å². The molecule has 4 nitrogen and oxygen atoms in total. The van der Waals surface area contributed by atoms with Gasteiger partial charge in [0, 0.05) is 6.07 Å². The van der Waals surface area contributed by atoms with E-state index >= 15 is 0 Å². The SMILES string of the molecule is CCCCCCOc1cccc(OCC(=O)Nc2cccc(Cl)c2Cl)c1. The molecule has 0 aliphatic carbocycles. The number of unbranched alkanes of at least 4 members (excludes halogenated alkanes) is 3. The van der Waals surface area contributed by atoms with Crippen molar-refractivity contribution < 1.29 is 14.3 Å². The van der Waals surface area contributed by atoms with Crippen molar-refractivity contribution >= 4 is 34.8 Å². The number of ether oxygens (including phenoxy) is 2. The first kappa shape index (κ1) is 20.4. The van der Waals surface area contributed by atoms with Crippen LogP contribution in [0.25, 0.3) is 0 Å². The maximum atomic E-state index is 12.0. The van der Waals surface area contributed by atoms with E-state index in [-0.39, 0.29) is 12.5 Å². The van der Waals surface area contributed by atoms with Gasteiger partial charge in [0.2, 0.25) is 0 Å². The molecule has 0 fully saturated rings. The highest BCUT2D eigenvalue weighted by atomic mass is 35.5. The Morgan fingerprint density at radius 2 is 1.73 bits per heavy atom. The van der Waals surface area contributed by atoms with Crippen LogP contribution < -0.4 is 14.8 Å². The summed E-state index contributed by atoms with van der Waals surface area (Å²) in [5.41, 5.74) is 0.455. The number of anilines is 1. The van der Waals surface area contributed by atoms with Crippen LogP contribution in [0.5, 0.6) is 11.5 Å². The van der Waals surface area contributed by atoms with Gasteiger partial charge in [-0.05, 0) is 30.7 Å². The lowest BCUT2D eigenvalue weighted by Gasteiger charge is -2.11. The number of carbonyl (C=O) groups excluding carboxylic acids is 1. The molecule has 1 N–H and O–H groups in total. The van der Waals surface area contributed by atoms with Gasteiger partial charge in [0.25, 0.3) is 5.91 Å². The van der Waals surface area contributed by atoms with Gasteiger partial charge in [0.15, 0.2) is 6.61 Å². The minimum Gasteiger partial charge on any atom is -0.493 e. The fourth-order valence-corrected chi connectivity index (χ4v) is 2.66. The molecule has 0 saturated heterocycles. The van der Waals surface area contributed by atoms with E-state index in [0.29, 0.717) is 28.1 Å². The largest absolute Gasteiger partial charge is 0.493 e. The van der Waals surface area contributed by atoms with Gasteiger partial charge in [0.1, 0.15) is 11.5 Å². The van der Waals surface area contributed by atoms with E-state index < -0.39 is 0 Å². The third kappa shape index (κ3) is 6.77. The van der Waals surface area contributed by atoms with Gasteiger partial charge in [-0.1, -0.05) is 61.5 Å². The van der Waals surface area contributed by atoms with Gasteiger partial charge in [-0.25, -0.2) is 0 Å². The quantitative estimate of drug-likeness (QED) is 0.504. The van der Waals surface area contributed by atoms with E-state index in [9.17, 15) is 4.79 Å². The highest BCUT2D eigenvalue weighted by molar-refractivity contribution is 6.43. The van der Waals surface area contributed by atoms with Gasteiger partial charge >= 0.3 is 0 Å². The molecule has 6 heteroatoms. The Bertz CT molecular complexity index is 722. The van der Waals surface area contributed by atoms with Crippen LogP contribution in [0.2, 0.25) is 10.0 Å². The summed E-state index contributed by atoms with van der Waals surface area (Å²) < 4.78 is 11.2. The second-order valence-electron chi connectivity index (χ2n) is 5.82. The van der Waals surface area contributed by atoms with Crippen LogP contribution in [-0.2, 0) is 4.79 Å². The summed E-state index contributed by atoms with van der Waals surface area (Å²) in [5, 5.41) is 3.37. The normalized spacial score (nSPS) is 10.4. The zero-order chi connectivity index (χ0) is 18.8. The topological polar surface area (TPSA) is 47.6 Å². The first-order valence-electron chi connectivity index (χ1n) is 8.69. The fourth-order valence-electron chi connectivity index (χ4n) is 2.31. The maximum absolute atomic E-state index is 12.0. The third-order valence-corrected chi connectivity index (χ3v) is 4.49. The molecule has 0 saturated carbocycles. The highest BCUT2D eigenvalue weighted by Gasteiger charge is 2.09. The van der Waals surface area contributed by atoms with Crippen molar-refractivity contribution in [3.05, 3.63) is 52.5 Å². The molecule has 0 aliphatic rings. The Morgan fingerprint density at radius 1 is 1.00 bits per heavy atom.